The molecule has 1 fully saturated rings. The summed E-state index contributed by atoms with van der Waals surface area (Å²) in [5.74, 6) is 1.42. The molecular formula is C18H25ClIN5. The summed E-state index contributed by atoms with van der Waals surface area (Å²) in [5, 5.41) is 11.9. The molecule has 25 heavy (non-hydrogen) atoms. The number of aryl methyl sites for hydroxylation is 1. The highest BCUT2D eigenvalue weighted by Gasteiger charge is 2.39. The normalized spacial score (nSPS) is 19.2. The van der Waals surface area contributed by atoms with Crippen LogP contribution in [0.5, 0.6) is 0 Å². The van der Waals surface area contributed by atoms with Gasteiger partial charge in [-0.3, -0.25) is 9.67 Å². The number of hydrogen-bond donors (Lipinski definition) is 2. The van der Waals surface area contributed by atoms with Crippen LogP contribution in [0.4, 0.5) is 0 Å². The van der Waals surface area contributed by atoms with Crippen molar-refractivity contribution in [2.75, 3.05) is 13.1 Å². The molecule has 5 nitrogen and oxygen atoms in total. The largest absolute Gasteiger partial charge is 0.357 e. The number of nitrogens with one attached hydrogen (secondary N) is 2. The zero-order valence-corrected chi connectivity index (χ0v) is 17.4. The number of halogens is 2. The molecule has 1 aliphatic rings. The molecule has 1 aromatic heterocycles. The van der Waals surface area contributed by atoms with Crippen molar-refractivity contribution in [1.29, 1.82) is 0 Å². The molecule has 0 saturated heterocycles. The molecule has 0 amide bonds. The van der Waals surface area contributed by atoms with Crippen LogP contribution in [0.15, 0.2) is 47.7 Å². The number of guanidine groups is 1. The minimum atomic E-state index is 0. The Balaban J connectivity index is 0.00000225. The maximum Gasteiger partial charge on any atom is 0.191 e. The molecule has 0 bridgehead atoms. The fourth-order valence-electron chi connectivity index (χ4n) is 2.81. The first-order valence-corrected chi connectivity index (χ1v) is 8.92. The minimum Gasteiger partial charge on any atom is -0.357 e. The molecular weight excluding hydrogens is 449 g/mol. The summed E-state index contributed by atoms with van der Waals surface area (Å²) in [7, 11) is 0. The van der Waals surface area contributed by atoms with Crippen molar-refractivity contribution in [2.45, 2.75) is 38.3 Å². The van der Waals surface area contributed by atoms with Crippen LogP contribution in [0, 0.1) is 0 Å². The van der Waals surface area contributed by atoms with E-state index in [-0.39, 0.29) is 24.0 Å². The molecule has 1 aliphatic carbocycles. The number of nitrogens with zero attached hydrogens (tertiary/aromatic N) is 3. The van der Waals surface area contributed by atoms with Crippen molar-refractivity contribution >= 4 is 41.5 Å². The van der Waals surface area contributed by atoms with Crippen molar-refractivity contribution in [3.63, 3.8) is 0 Å². The molecule has 2 aromatic rings. The second-order valence-electron chi connectivity index (χ2n) is 6.03. The van der Waals surface area contributed by atoms with E-state index in [1.54, 1.807) is 6.20 Å². The first kappa shape index (κ1) is 20.0. The van der Waals surface area contributed by atoms with Gasteiger partial charge in [-0.25, -0.2) is 0 Å². The number of hydrogen-bond acceptors (Lipinski definition) is 2. The molecule has 136 valence electrons. The second kappa shape index (κ2) is 10.0. The van der Waals surface area contributed by atoms with Crippen molar-refractivity contribution in [2.24, 2.45) is 4.99 Å². The van der Waals surface area contributed by atoms with Gasteiger partial charge >= 0.3 is 0 Å². The lowest BCUT2D eigenvalue weighted by Crippen LogP contribution is -2.39. The molecule has 7 heteroatoms. The number of aromatic nitrogens is 2. The summed E-state index contributed by atoms with van der Waals surface area (Å²) in [4.78, 5) is 4.67. The zero-order valence-electron chi connectivity index (χ0n) is 14.4. The van der Waals surface area contributed by atoms with Crippen molar-refractivity contribution in [1.82, 2.24) is 20.4 Å². The van der Waals surface area contributed by atoms with Gasteiger partial charge in [0.05, 0.1) is 0 Å². The van der Waals surface area contributed by atoms with Crippen LogP contribution in [-0.2, 0) is 6.54 Å². The van der Waals surface area contributed by atoms with Gasteiger partial charge in [-0.2, -0.15) is 5.10 Å². The molecule has 1 aromatic carbocycles. The van der Waals surface area contributed by atoms with E-state index in [4.69, 9.17) is 11.6 Å². The lowest BCUT2D eigenvalue weighted by Gasteiger charge is -2.11. The second-order valence-corrected chi connectivity index (χ2v) is 6.47. The molecule has 1 saturated carbocycles. The van der Waals surface area contributed by atoms with Gasteiger partial charge in [0.1, 0.15) is 0 Å². The molecule has 2 N–H and O–H groups in total. The van der Waals surface area contributed by atoms with Crippen LogP contribution in [0.1, 0.15) is 31.2 Å². The first-order chi connectivity index (χ1) is 11.8. The quantitative estimate of drug-likeness (QED) is 0.279. The van der Waals surface area contributed by atoms with Crippen LogP contribution < -0.4 is 10.6 Å². The molecule has 0 aliphatic heterocycles. The predicted molar refractivity (Wildman–Crippen MR) is 114 cm³/mol. The summed E-state index contributed by atoms with van der Waals surface area (Å²) < 4.78 is 1.94. The van der Waals surface area contributed by atoms with E-state index in [1.807, 2.05) is 29.1 Å². The van der Waals surface area contributed by atoms with Crippen LogP contribution in [-0.4, -0.2) is 34.9 Å². The lowest BCUT2D eigenvalue weighted by molar-refractivity contribution is 0.583. The van der Waals surface area contributed by atoms with E-state index < -0.39 is 0 Å². The Morgan fingerprint density at radius 1 is 1.40 bits per heavy atom. The Hall–Kier alpha value is -1.28. The Morgan fingerprint density at radius 3 is 3.00 bits per heavy atom. The summed E-state index contributed by atoms with van der Waals surface area (Å²) >= 11 is 6.08. The fourth-order valence-corrected chi connectivity index (χ4v) is 3.01. The smallest absolute Gasteiger partial charge is 0.191 e. The van der Waals surface area contributed by atoms with Gasteiger partial charge in [0.15, 0.2) is 5.96 Å². The Kier molecular flexibility index (Phi) is 8.02. The van der Waals surface area contributed by atoms with Gasteiger partial charge in [0.25, 0.3) is 0 Å². The lowest BCUT2D eigenvalue weighted by atomic mass is 10.1. The summed E-state index contributed by atoms with van der Waals surface area (Å²) in [5.41, 5.74) is 1.30. The van der Waals surface area contributed by atoms with E-state index >= 15 is 0 Å². The maximum absolute atomic E-state index is 6.08. The minimum absolute atomic E-state index is 0. The summed E-state index contributed by atoms with van der Waals surface area (Å²) in [6.45, 7) is 4.62. The van der Waals surface area contributed by atoms with Gasteiger partial charge in [-0.15, -0.1) is 24.0 Å². The third-order valence-electron chi connectivity index (χ3n) is 4.11. The highest BCUT2D eigenvalue weighted by molar-refractivity contribution is 14.0. The topological polar surface area (TPSA) is 54.2 Å². The maximum atomic E-state index is 6.08. The molecule has 2 unspecified atom stereocenters. The Morgan fingerprint density at radius 2 is 2.28 bits per heavy atom. The summed E-state index contributed by atoms with van der Waals surface area (Å²) in [6.07, 6.45) is 5.88. The van der Waals surface area contributed by atoms with Crippen LogP contribution >= 0.6 is 35.6 Å². The van der Waals surface area contributed by atoms with Crippen molar-refractivity contribution in [3.8, 4) is 0 Å². The van der Waals surface area contributed by atoms with Gasteiger partial charge in [-0.05, 0) is 43.5 Å². The monoisotopic (exact) mass is 473 g/mol. The average Bonchev–Trinajstić information content (AvgIpc) is 3.14. The van der Waals surface area contributed by atoms with E-state index in [1.165, 1.54) is 5.56 Å². The Labute approximate surface area is 171 Å². The van der Waals surface area contributed by atoms with Crippen molar-refractivity contribution in [3.05, 3.63) is 53.3 Å². The van der Waals surface area contributed by atoms with Gasteiger partial charge in [0.2, 0.25) is 0 Å². The average molecular weight is 474 g/mol. The van der Waals surface area contributed by atoms with E-state index in [0.29, 0.717) is 12.0 Å². The van der Waals surface area contributed by atoms with E-state index in [9.17, 15) is 0 Å². The van der Waals surface area contributed by atoms with Crippen molar-refractivity contribution < 1.29 is 0 Å². The highest BCUT2D eigenvalue weighted by atomic mass is 127. The standard InChI is InChI=1S/C18H24ClN5.HI/c1-2-20-18(21-8-4-10-24-11-5-9-22-24)23-17-13-16(17)14-6-3-7-15(19)12-14;/h3,5-7,9,11-12,16-17H,2,4,8,10,13H2,1H3,(H2,20,21,23);1H. The third-order valence-corrected chi connectivity index (χ3v) is 4.34. The number of benzene rings is 1. The fraction of sp³-hybridized carbons (Fsp3) is 0.444. The molecule has 1 heterocycles. The van der Waals surface area contributed by atoms with Crippen LogP contribution in [0.2, 0.25) is 5.02 Å². The van der Waals surface area contributed by atoms with Gasteiger partial charge in [0, 0.05) is 49.0 Å². The molecule has 0 spiro atoms. The molecule has 2 atom stereocenters. The van der Waals surface area contributed by atoms with Gasteiger partial charge < -0.3 is 10.6 Å². The molecule has 0 radical (unpaired) electrons. The summed E-state index contributed by atoms with van der Waals surface area (Å²) in [6, 6.07) is 10.5. The van der Waals surface area contributed by atoms with E-state index in [0.717, 1.165) is 43.5 Å². The van der Waals surface area contributed by atoms with Crippen LogP contribution in [0.3, 0.4) is 0 Å². The van der Waals surface area contributed by atoms with Crippen LogP contribution in [0.25, 0.3) is 0 Å². The predicted octanol–water partition coefficient (Wildman–Crippen LogP) is 3.66. The highest BCUT2D eigenvalue weighted by Crippen LogP contribution is 2.41. The van der Waals surface area contributed by atoms with E-state index in [2.05, 4.69) is 39.8 Å². The zero-order chi connectivity index (χ0) is 16.8. The third kappa shape index (κ3) is 6.18. The van der Waals surface area contributed by atoms with Gasteiger partial charge in [-0.1, -0.05) is 23.7 Å². The molecule has 3 rings (SSSR count). The first-order valence-electron chi connectivity index (χ1n) is 8.54. The number of aliphatic imine (C=N–C) groups is 1. The Bertz CT molecular complexity index is 674. The number of rotatable bonds is 7. The SMILES string of the molecule is CCNC(=NCCCn1cccn1)NC1CC1c1cccc(Cl)c1.I.